The molecule has 2 heterocycles. The average Bonchev–Trinajstić information content (AvgIpc) is 3.01. The van der Waals surface area contributed by atoms with Crippen LogP contribution in [0.2, 0.25) is 0 Å². The fourth-order valence-corrected chi connectivity index (χ4v) is 3.19. The first kappa shape index (κ1) is 18.7. The van der Waals surface area contributed by atoms with Crippen LogP contribution in [0.15, 0.2) is 66.0 Å². The van der Waals surface area contributed by atoms with Crippen molar-refractivity contribution in [3.63, 3.8) is 0 Å². The molecule has 0 radical (unpaired) electrons. The van der Waals surface area contributed by atoms with Crippen LogP contribution in [0.3, 0.4) is 0 Å². The van der Waals surface area contributed by atoms with Crippen molar-refractivity contribution in [2.24, 2.45) is 0 Å². The molecule has 11 heteroatoms. The summed E-state index contributed by atoms with van der Waals surface area (Å²) < 4.78 is 68.7. The van der Waals surface area contributed by atoms with Crippen LogP contribution in [0.4, 0.5) is 19.0 Å². The van der Waals surface area contributed by atoms with Gasteiger partial charge in [-0.25, -0.2) is 8.42 Å². The summed E-state index contributed by atoms with van der Waals surface area (Å²) in [6.07, 6.45) is 0.0159. The van der Waals surface area contributed by atoms with Crippen LogP contribution in [0.5, 0.6) is 5.75 Å². The van der Waals surface area contributed by atoms with Gasteiger partial charge in [-0.05, 0) is 42.0 Å². The lowest BCUT2D eigenvalue weighted by Crippen LogP contribution is -2.17. The van der Waals surface area contributed by atoms with Crippen LogP contribution in [-0.4, -0.2) is 29.5 Å². The molecule has 0 atom stereocenters. The molecule has 0 saturated heterocycles. The molecule has 0 fully saturated rings. The van der Waals surface area contributed by atoms with Crippen molar-refractivity contribution >= 4 is 15.8 Å². The summed E-state index contributed by atoms with van der Waals surface area (Å²) in [7, 11) is -4.01. The summed E-state index contributed by atoms with van der Waals surface area (Å²) in [6.45, 7) is 0.424. The number of benzene rings is 1. The van der Waals surface area contributed by atoms with Crippen LogP contribution in [0.1, 0.15) is 5.56 Å². The maximum atomic E-state index is 12.3. The summed E-state index contributed by atoms with van der Waals surface area (Å²) in [4.78, 5) is 3.69. The first-order chi connectivity index (χ1) is 12.7. The van der Waals surface area contributed by atoms with Gasteiger partial charge in [0.1, 0.15) is 5.75 Å². The molecule has 1 aromatic carbocycles. The molecule has 2 aromatic heterocycles. The van der Waals surface area contributed by atoms with E-state index >= 15 is 0 Å². The van der Waals surface area contributed by atoms with Gasteiger partial charge in [-0.3, -0.25) is 14.4 Å². The molecule has 3 rings (SSSR count). The number of pyridine rings is 1. The van der Waals surface area contributed by atoms with Crippen molar-refractivity contribution < 1.29 is 26.3 Å². The Bertz CT molecular complexity index is 1000. The predicted molar refractivity (Wildman–Crippen MR) is 89.5 cm³/mol. The first-order valence-corrected chi connectivity index (χ1v) is 9.01. The maximum absolute atomic E-state index is 12.3. The maximum Gasteiger partial charge on any atom is 0.573 e. The molecule has 27 heavy (non-hydrogen) atoms. The van der Waals surface area contributed by atoms with E-state index in [0.29, 0.717) is 6.54 Å². The number of halogens is 3. The Morgan fingerprint density at radius 3 is 2.33 bits per heavy atom. The Kier molecular flexibility index (Phi) is 5.04. The quantitative estimate of drug-likeness (QED) is 0.690. The lowest BCUT2D eigenvalue weighted by atomic mass is 10.3. The van der Waals surface area contributed by atoms with Gasteiger partial charge < -0.3 is 4.74 Å². The van der Waals surface area contributed by atoms with Gasteiger partial charge in [-0.1, -0.05) is 0 Å². The standard InChI is InChI=1S/C16H13F3N4O3S/c17-16(18,19)26-13-1-3-14(4-2-13)27(24,25)22-15-7-10-23(21-15)11-12-5-8-20-9-6-12/h1-10H,11H2,(H,21,22). The smallest absolute Gasteiger partial charge is 0.406 e. The molecule has 0 bridgehead atoms. The normalized spacial score (nSPS) is 12.0. The number of nitrogens with zero attached hydrogens (tertiary/aromatic N) is 3. The molecule has 0 aliphatic carbocycles. The number of rotatable bonds is 6. The number of nitrogens with one attached hydrogen (secondary N) is 1. The predicted octanol–water partition coefficient (Wildman–Crippen LogP) is 3.03. The highest BCUT2D eigenvalue weighted by Crippen LogP contribution is 2.24. The van der Waals surface area contributed by atoms with Crippen molar-refractivity contribution in [3.05, 3.63) is 66.6 Å². The minimum atomic E-state index is -4.85. The van der Waals surface area contributed by atoms with Crippen molar-refractivity contribution in [1.82, 2.24) is 14.8 Å². The summed E-state index contributed by atoms with van der Waals surface area (Å²) in [5.74, 6) is -0.428. The largest absolute Gasteiger partial charge is 0.573 e. The third-order valence-corrected chi connectivity index (χ3v) is 4.71. The highest BCUT2D eigenvalue weighted by molar-refractivity contribution is 7.92. The van der Waals surface area contributed by atoms with Gasteiger partial charge in [0, 0.05) is 24.7 Å². The van der Waals surface area contributed by atoms with E-state index in [1.54, 1.807) is 30.7 Å². The Morgan fingerprint density at radius 1 is 1.04 bits per heavy atom. The Morgan fingerprint density at radius 2 is 1.70 bits per heavy atom. The summed E-state index contributed by atoms with van der Waals surface area (Å²) >= 11 is 0. The average molecular weight is 398 g/mol. The number of alkyl halides is 3. The minimum absolute atomic E-state index is 0.0830. The molecule has 0 unspecified atom stereocenters. The molecule has 0 spiro atoms. The van der Waals surface area contributed by atoms with Crippen LogP contribution >= 0.6 is 0 Å². The third kappa shape index (κ3) is 5.20. The fraction of sp³-hybridized carbons (Fsp3) is 0.125. The number of hydrogen-bond donors (Lipinski definition) is 1. The van der Waals surface area contributed by atoms with E-state index in [-0.39, 0.29) is 10.7 Å². The molecule has 7 nitrogen and oxygen atoms in total. The van der Waals surface area contributed by atoms with E-state index in [1.165, 1.54) is 10.7 Å². The molecule has 1 N–H and O–H groups in total. The Hall–Kier alpha value is -3.08. The SMILES string of the molecule is O=S(=O)(Nc1ccn(Cc2ccncc2)n1)c1ccc(OC(F)(F)F)cc1. The lowest BCUT2D eigenvalue weighted by molar-refractivity contribution is -0.274. The lowest BCUT2D eigenvalue weighted by Gasteiger charge is -2.10. The van der Waals surface area contributed by atoms with Crippen molar-refractivity contribution in [2.75, 3.05) is 4.72 Å². The highest BCUT2D eigenvalue weighted by Gasteiger charge is 2.31. The van der Waals surface area contributed by atoms with Crippen LogP contribution in [-0.2, 0) is 16.6 Å². The van der Waals surface area contributed by atoms with E-state index in [9.17, 15) is 21.6 Å². The highest BCUT2D eigenvalue weighted by atomic mass is 32.2. The number of anilines is 1. The van der Waals surface area contributed by atoms with Crippen molar-refractivity contribution in [1.29, 1.82) is 0 Å². The van der Waals surface area contributed by atoms with E-state index < -0.39 is 22.1 Å². The van der Waals surface area contributed by atoms with Crippen LogP contribution < -0.4 is 9.46 Å². The summed E-state index contributed by atoms with van der Waals surface area (Å²) in [5.41, 5.74) is 0.933. The zero-order valence-corrected chi connectivity index (χ0v) is 14.4. The molecule has 0 aliphatic rings. The minimum Gasteiger partial charge on any atom is -0.406 e. The third-order valence-electron chi connectivity index (χ3n) is 3.34. The number of aromatic nitrogens is 3. The molecule has 3 aromatic rings. The Labute approximate surface area is 152 Å². The van der Waals surface area contributed by atoms with Crippen LogP contribution in [0, 0.1) is 0 Å². The van der Waals surface area contributed by atoms with Gasteiger partial charge in [0.15, 0.2) is 5.82 Å². The van der Waals surface area contributed by atoms with Gasteiger partial charge in [0.25, 0.3) is 10.0 Å². The molecule has 142 valence electrons. The first-order valence-electron chi connectivity index (χ1n) is 7.52. The van der Waals surface area contributed by atoms with E-state index in [2.05, 4.69) is 19.5 Å². The van der Waals surface area contributed by atoms with Crippen LogP contribution in [0.25, 0.3) is 0 Å². The number of ether oxygens (including phenoxy) is 1. The monoisotopic (exact) mass is 398 g/mol. The van der Waals surface area contributed by atoms with Gasteiger partial charge in [0.05, 0.1) is 11.4 Å². The molecular formula is C16H13F3N4O3S. The van der Waals surface area contributed by atoms with Gasteiger partial charge >= 0.3 is 6.36 Å². The van der Waals surface area contributed by atoms with Crippen molar-refractivity contribution in [3.8, 4) is 5.75 Å². The van der Waals surface area contributed by atoms with Crippen molar-refractivity contribution in [2.45, 2.75) is 17.8 Å². The van der Waals surface area contributed by atoms with Gasteiger partial charge in [0.2, 0.25) is 0 Å². The topological polar surface area (TPSA) is 86.1 Å². The van der Waals surface area contributed by atoms with E-state index in [4.69, 9.17) is 0 Å². The zero-order valence-electron chi connectivity index (χ0n) is 13.6. The summed E-state index contributed by atoms with van der Waals surface area (Å²) in [5, 5.41) is 4.11. The van der Waals surface area contributed by atoms with E-state index in [1.807, 2.05) is 0 Å². The Balaban J connectivity index is 1.69. The molecule has 0 aliphatic heterocycles. The molecule has 0 amide bonds. The second-order valence-electron chi connectivity index (χ2n) is 5.38. The summed E-state index contributed by atoms with van der Waals surface area (Å²) in [6, 6.07) is 8.94. The van der Waals surface area contributed by atoms with Gasteiger partial charge in [-0.15, -0.1) is 13.2 Å². The fourth-order valence-electron chi connectivity index (χ4n) is 2.20. The molecule has 0 saturated carbocycles. The second kappa shape index (κ2) is 7.27. The number of hydrogen-bond acceptors (Lipinski definition) is 5. The van der Waals surface area contributed by atoms with Gasteiger partial charge in [-0.2, -0.15) is 5.10 Å². The zero-order chi connectivity index (χ0) is 19.5. The molecular weight excluding hydrogens is 385 g/mol. The number of sulfonamides is 1. The van der Waals surface area contributed by atoms with E-state index in [0.717, 1.165) is 29.8 Å². The second-order valence-corrected chi connectivity index (χ2v) is 7.06.